The summed E-state index contributed by atoms with van der Waals surface area (Å²) in [5.74, 6) is -0.346. The van der Waals surface area contributed by atoms with E-state index in [0.717, 1.165) is 12.0 Å². The van der Waals surface area contributed by atoms with Crippen LogP contribution in [0.2, 0.25) is 0 Å². The number of alkyl halides is 3. The summed E-state index contributed by atoms with van der Waals surface area (Å²) in [5, 5.41) is 0. The van der Waals surface area contributed by atoms with E-state index in [2.05, 4.69) is 4.18 Å². The molecule has 0 bridgehead atoms. The maximum absolute atomic E-state index is 13.0. The summed E-state index contributed by atoms with van der Waals surface area (Å²) >= 11 is 0. The van der Waals surface area contributed by atoms with Gasteiger partial charge in [0.05, 0.1) is 21.3 Å². The van der Waals surface area contributed by atoms with Crippen LogP contribution in [-0.4, -0.2) is 35.3 Å². The average Bonchev–Trinajstić information content (AvgIpc) is 3.29. The van der Waals surface area contributed by atoms with Gasteiger partial charge in [-0.1, -0.05) is 12.1 Å². The molecule has 2 aromatic rings. The number of benzene rings is 2. The lowest BCUT2D eigenvalue weighted by Crippen LogP contribution is -2.30. The first-order valence-corrected chi connectivity index (χ1v) is 11.1. The van der Waals surface area contributed by atoms with E-state index in [1.165, 1.54) is 20.3 Å². The number of hydrogen-bond acceptors (Lipinski definition) is 7. The predicted molar refractivity (Wildman–Crippen MR) is 107 cm³/mol. The summed E-state index contributed by atoms with van der Waals surface area (Å²) in [6.07, 6.45) is 2.11. The zero-order valence-corrected chi connectivity index (χ0v) is 18.3. The van der Waals surface area contributed by atoms with E-state index in [9.17, 15) is 21.6 Å². The minimum absolute atomic E-state index is 0.158. The molecule has 0 aromatic heterocycles. The van der Waals surface area contributed by atoms with Crippen molar-refractivity contribution >= 4 is 10.1 Å². The van der Waals surface area contributed by atoms with E-state index in [0.29, 0.717) is 29.9 Å². The van der Waals surface area contributed by atoms with E-state index < -0.39 is 27.0 Å². The highest BCUT2D eigenvalue weighted by molar-refractivity contribution is 7.88. The second-order valence-electron chi connectivity index (χ2n) is 7.50. The van der Waals surface area contributed by atoms with Gasteiger partial charge in [-0.15, -0.1) is 0 Å². The molecule has 1 aliphatic carbocycles. The molecule has 0 spiro atoms. The highest BCUT2D eigenvalue weighted by Gasteiger charge is 2.56. The molecule has 0 radical (unpaired) electrons. The van der Waals surface area contributed by atoms with Crippen LogP contribution in [0, 0.1) is 0 Å². The van der Waals surface area contributed by atoms with Gasteiger partial charge in [0.15, 0.2) is 11.5 Å². The fraction of sp³-hybridized carbons (Fsp3) is 0.429. The van der Waals surface area contributed by atoms with Crippen LogP contribution in [0.25, 0.3) is 0 Å². The molecule has 0 N–H and O–H groups in total. The molecule has 11 heteroatoms. The standard InChI is InChI=1S/C21H21F3O7S/c1-27-13-8-6-12(7-9-13)20-10-4-5-14(20)17-15(30-20)11-16(28-2)18(19(17)29-3)31-32(25,26)21(22,23)24/h6-9,11,14H,4-5,10H2,1-3H3/t14-,20+/m1/s1. The smallest absolute Gasteiger partial charge is 0.497 e. The molecular weight excluding hydrogens is 453 g/mol. The quantitative estimate of drug-likeness (QED) is 0.451. The lowest BCUT2D eigenvalue weighted by atomic mass is 9.81. The topological polar surface area (TPSA) is 80.3 Å². The molecule has 4 rings (SSSR count). The van der Waals surface area contributed by atoms with Gasteiger partial charge >= 0.3 is 15.6 Å². The first-order chi connectivity index (χ1) is 15.1. The fourth-order valence-corrected chi connectivity index (χ4v) is 5.03. The van der Waals surface area contributed by atoms with E-state index in [1.807, 2.05) is 12.1 Å². The Balaban J connectivity index is 1.86. The van der Waals surface area contributed by atoms with Gasteiger partial charge in [-0.3, -0.25) is 0 Å². The summed E-state index contributed by atoms with van der Waals surface area (Å²) in [6.45, 7) is 0. The Morgan fingerprint density at radius 3 is 2.28 bits per heavy atom. The van der Waals surface area contributed by atoms with Gasteiger partial charge in [0.1, 0.15) is 17.1 Å². The van der Waals surface area contributed by atoms with Crippen LogP contribution < -0.4 is 23.1 Å². The van der Waals surface area contributed by atoms with E-state index in [1.54, 1.807) is 19.2 Å². The molecule has 1 heterocycles. The Morgan fingerprint density at radius 1 is 1.03 bits per heavy atom. The molecule has 174 valence electrons. The highest BCUT2D eigenvalue weighted by atomic mass is 32.2. The van der Waals surface area contributed by atoms with Crippen molar-refractivity contribution in [1.82, 2.24) is 0 Å². The maximum atomic E-state index is 13.0. The van der Waals surface area contributed by atoms with E-state index in [4.69, 9.17) is 18.9 Å². The Hall–Kier alpha value is -2.82. The van der Waals surface area contributed by atoms with Crippen molar-refractivity contribution < 1.29 is 44.7 Å². The Bertz CT molecular complexity index is 1130. The van der Waals surface area contributed by atoms with Gasteiger partial charge in [-0.2, -0.15) is 21.6 Å². The largest absolute Gasteiger partial charge is 0.534 e. The Labute approximate surface area is 183 Å². The number of methoxy groups -OCH3 is 3. The molecule has 1 aliphatic heterocycles. The normalized spacial score (nSPS) is 22.0. The summed E-state index contributed by atoms with van der Waals surface area (Å²) in [5.41, 5.74) is -5.08. The van der Waals surface area contributed by atoms with Gasteiger partial charge in [-0.25, -0.2) is 0 Å². The molecule has 7 nitrogen and oxygen atoms in total. The van der Waals surface area contributed by atoms with Gasteiger partial charge in [0.25, 0.3) is 0 Å². The van der Waals surface area contributed by atoms with Crippen molar-refractivity contribution in [1.29, 1.82) is 0 Å². The summed E-state index contributed by atoms with van der Waals surface area (Å²) < 4.78 is 89.0. The lowest BCUT2D eigenvalue weighted by molar-refractivity contribution is -0.0501. The minimum atomic E-state index is -5.95. The van der Waals surface area contributed by atoms with Crippen LogP contribution in [-0.2, 0) is 15.7 Å². The molecule has 2 aromatic carbocycles. The third-order valence-corrected chi connectivity index (χ3v) is 6.88. The molecule has 32 heavy (non-hydrogen) atoms. The van der Waals surface area contributed by atoms with Gasteiger partial charge in [0, 0.05) is 17.5 Å². The molecule has 1 fully saturated rings. The third kappa shape index (κ3) is 3.30. The molecule has 0 saturated heterocycles. The first-order valence-electron chi connectivity index (χ1n) is 9.71. The van der Waals surface area contributed by atoms with Crippen molar-refractivity contribution in [2.45, 2.75) is 36.3 Å². The number of fused-ring (bicyclic) bond motifs is 3. The van der Waals surface area contributed by atoms with E-state index >= 15 is 0 Å². The molecule has 2 aliphatic rings. The SMILES string of the molecule is COc1ccc([C@@]23CCC[C@@H]2c2c(cc(OC)c(OS(=O)(=O)C(F)(F)F)c2OC)O3)cc1. The summed E-state index contributed by atoms with van der Waals surface area (Å²) in [4.78, 5) is 0. The van der Waals surface area contributed by atoms with Crippen LogP contribution in [0.15, 0.2) is 30.3 Å². The van der Waals surface area contributed by atoms with Crippen molar-refractivity contribution in [3.63, 3.8) is 0 Å². The fourth-order valence-electron chi connectivity index (χ4n) is 4.56. The molecule has 2 atom stereocenters. The van der Waals surface area contributed by atoms with Crippen molar-refractivity contribution in [2.75, 3.05) is 21.3 Å². The molecular formula is C21H21F3O7S. The minimum Gasteiger partial charge on any atom is -0.497 e. The van der Waals surface area contributed by atoms with Crippen LogP contribution >= 0.6 is 0 Å². The molecule has 0 unspecified atom stereocenters. The van der Waals surface area contributed by atoms with Crippen molar-refractivity contribution in [2.24, 2.45) is 0 Å². The van der Waals surface area contributed by atoms with Crippen molar-refractivity contribution in [3.8, 4) is 28.7 Å². The lowest BCUT2D eigenvalue weighted by Gasteiger charge is -2.29. The number of rotatable bonds is 6. The summed E-state index contributed by atoms with van der Waals surface area (Å²) in [6, 6.07) is 8.68. The highest BCUT2D eigenvalue weighted by Crippen LogP contribution is 2.64. The van der Waals surface area contributed by atoms with Crippen LogP contribution in [0.1, 0.15) is 36.3 Å². The molecule has 1 saturated carbocycles. The zero-order chi connectivity index (χ0) is 23.3. The second-order valence-corrected chi connectivity index (χ2v) is 9.04. The third-order valence-electron chi connectivity index (χ3n) is 5.93. The van der Waals surface area contributed by atoms with E-state index in [-0.39, 0.29) is 17.4 Å². The van der Waals surface area contributed by atoms with Crippen LogP contribution in [0.5, 0.6) is 28.7 Å². The van der Waals surface area contributed by atoms with Crippen molar-refractivity contribution in [3.05, 3.63) is 41.5 Å². The van der Waals surface area contributed by atoms with Gasteiger partial charge < -0.3 is 23.1 Å². The van der Waals surface area contributed by atoms with Gasteiger partial charge in [-0.05, 0) is 37.0 Å². The van der Waals surface area contributed by atoms with Crippen LogP contribution in [0.4, 0.5) is 13.2 Å². The number of halogens is 3. The zero-order valence-electron chi connectivity index (χ0n) is 17.5. The van der Waals surface area contributed by atoms with Gasteiger partial charge in [0.2, 0.25) is 5.75 Å². The number of ether oxygens (including phenoxy) is 4. The summed E-state index contributed by atoms with van der Waals surface area (Å²) in [7, 11) is -1.98. The second kappa shape index (κ2) is 7.65. The first kappa shape index (κ1) is 22.4. The average molecular weight is 474 g/mol. The maximum Gasteiger partial charge on any atom is 0.534 e. The monoisotopic (exact) mass is 474 g/mol. The van der Waals surface area contributed by atoms with Crippen LogP contribution in [0.3, 0.4) is 0 Å². The predicted octanol–water partition coefficient (Wildman–Crippen LogP) is 4.50. The molecule has 0 amide bonds. The Kier molecular flexibility index (Phi) is 5.35. The number of hydrogen-bond donors (Lipinski definition) is 0. The Morgan fingerprint density at radius 2 is 1.72 bits per heavy atom.